The van der Waals surface area contributed by atoms with E-state index in [1.54, 1.807) is 29.2 Å². The van der Waals surface area contributed by atoms with Crippen LogP contribution in [0.2, 0.25) is 0 Å². The van der Waals surface area contributed by atoms with Crippen LogP contribution in [-0.4, -0.2) is 79.0 Å². The summed E-state index contributed by atoms with van der Waals surface area (Å²) in [5.41, 5.74) is 0.151. The van der Waals surface area contributed by atoms with E-state index in [4.69, 9.17) is 14.2 Å². The second-order valence-electron chi connectivity index (χ2n) is 8.32. The number of halogens is 1. The summed E-state index contributed by atoms with van der Waals surface area (Å²) < 4.78 is 30.8. The molecule has 1 atom stereocenters. The molecule has 0 unspecified atom stereocenters. The number of phenols is 1. The Morgan fingerprint density at radius 1 is 1.09 bits per heavy atom. The van der Waals surface area contributed by atoms with Crippen molar-refractivity contribution in [2.45, 2.75) is 18.6 Å². The molecule has 0 aliphatic carbocycles. The third kappa shape index (κ3) is 5.97. The van der Waals surface area contributed by atoms with Crippen molar-refractivity contribution in [2.24, 2.45) is 0 Å². The predicted molar refractivity (Wildman–Crippen MR) is 116 cm³/mol. The van der Waals surface area contributed by atoms with E-state index in [1.807, 2.05) is 12.1 Å². The number of rotatable bonds is 7. The van der Waals surface area contributed by atoms with E-state index in [1.165, 1.54) is 12.1 Å². The maximum Gasteiger partial charge on any atom is 0.225 e. The molecular formula is C24H29FN2O5. The average Bonchev–Trinajstić information content (AvgIpc) is 2.80. The number of benzene rings is 2. The Morgan fingerprint density at radius 3 is 2.62 bits per heavy atom. The van der Waals surface area contributed by atoms with E-state index in [0.29, 0.717) is 58.3 Å². The zero-order chi connectivity index (χ0) is 22.4. The van der Waals surface area contributed by atoms with Crippen molar-refractivity contribution in [2.75, 3.05) is 52.6 Å². The Balaban J connectivity index is 1.48. The summed E-state index contributed by atoms with van der Waals surface area (Å²) in [6.07, 6.45) is 0.185. The van der Waals surface area contributed by atoms with Gasteiger partial charge in [-0.2, -0.15) is 0 Å². The van der Waals surface area contributed by atoms with Gasteiger partial charge >= 0.3 is 0 Å². The molecule has 0 radical (unpaired) electrons. The molecule has 8 heteroatoms. The highest BCUT2D eigenvalue weighted by molar-refractivity contribution is 5.77. The molecule has 172 valence electrons. The number of hydrogen-bond acceptors (Lipinski definition) is 6. The van der Waals surface area contributed by atoms with Gasteiger partial charge in [0.05, 0.1) is 26.2 Å². The molecular weight excluding hydrogens is 415 g/mol. The fourth-order valence-corrected chi connectivity index (χ4v) is 4.16. The van der Waals surface area contributed by atoms with Crippen LogP contribution in [0.25, 0.3) is 0 Å². The quantitative estimate of drug-likeness (QED) is 0.707. The molecule has 2 aromatic carbocycles. The lowest BCUT2D eigenvalue weighted by molar-refractivity contribution is -0.159. The van der Waals surface area contributed by atoms with Crippen molar-refractivity contribution >= 4 is 5.91 Å². The average molecular weight is 445 g/mol. The lowest BCUT2D eigenvalue weighted by Gasteiger charge is -2.43. The van der Waals surface area contributed by atoms with Gasteiger partial charge in [0.1, 0.15) is 29.5 Å². The third-order valence-corrected chi connectivity index (χ3v) is 5.80. The molecule has 1 N–H and O–H groups in total. The van der Waals surface area contributed by atoms with Crippen LogP contribution >= 0.6 is 0 Å². The molecule has 2 aromatic rings. The minimum atomic E-state index is -0.834. The number of ether oxygens (including phenoxy) is 3. The summed E-state index contributed by atoms with van der Waals surface area (Å²) in [6.45, 7) is 4.68. The van der Waals surface area contributed by atoms with Crippen molar-refractivity contribution in [3.63, 3.8) is 0 Å². The summed E-state index contributed by atoms with van der Waals surface area (Å²) in [5.74, 6) is 0.429. The second kappa shape index (κ2) is 10.3. The molecule has 2 fully saturated rings. The number of carbonyl (C=O) groups is 1. The molecule has 2 saturated heterocycles. The van der Waals surface area contributed by atoms with Crippen molar-refractivity contribution < 1.29 is 28.5 Å². The van der Waals surface area contributed by atoms with Crippen molar-refractivity contribution in [1.29, 1.82) is 0 Å². The molecule has 32 heavy (non-hydrogen) atoms. The first-order chi connectivity index (χ1) is 15.5. The Morgan fingerprint density at radius 2 is 1.88 bits per heavy atom. The van der Waals surface area contributed by atoms with Gasteiger partial charge in [-0.05, 0) is 42.0 Å². The van der Waals surface area contributed by atoms with Crippen LogP contribution in [0.1, 0.15) is 12.0 Å². The zero-order valence-electron chi connectivity index (χ0n) is 18.0. The molecule has 0 saturated carbocycles. The van der Waals surface area contributed by atoms with E-state index in [2.05, 4.69) is 4.90 Å². The molecule has 0 aromatic heterocycles. The van der Waals surface area contributed by atoms with E-state index in [-0.39, 0.29) is 30.5 Å². The Hall–Kier alpha value is -2.68. The van der Waals surface area contributed by atoms with E-state index in [0.717, 1.165) is 5.56 Å². The van der Waals surface area contributed by atoms with Gasteiger partial charge in [0.25, 0.3) is 0 Å². The minimum absolute atomic E-state index is 0.00946. The summed E-state index contributed by atoms with van der Waals surface area (Å²) in [7, 11) is 0. The lowest BCUT2D eigenvalue weighted by atomic mass is 9.96. The summed E-state index contributed by atoms with van der Waals surface area (Å²) in [4.78, 5) is 17.1. The summed E-state index contributed by atoms with van der Waals surface area (Å²) in [5, 5.41) is 9.79. The first-order valence-electron chi connectivity index (χ1n) is 10.9. The SMILES string of the molecule is O=C(C[C@]1(COc2ccc(F)cc2)CN(Cc2cccc(O)c2)CCO1)N1CCOCC1. The van der Waals surface area contributed by atoms with Crippen molar-refractivity contribution in [1.82, 2.24) is 9.80 Å². The standard InChI is InChI=1S/C24H29FN2O5/c25-20-4-6-22(7-5-20)31-18-24(15-23(29)27-9-11-30-12-10-27)17-26(8-13-32-24)16-19-2-1-3-21(28)14-19/h1-7,14,28H,8-13,15-18H2/t24-/m1/s1. The van der Waals surface area contributed by atoms with Crippen LogP contribution in [0.4, 0.5) is 4.39 Å². The van der Waals surface area contributed by atoms with E-state index >= 15 is 0 Å². The van der Waals surface area contributed by atoms with Gasteiger partial charge in [-0.1, -0.05) is 12.1 Å². The number of carbonyl (C=O) groups excluding carboxylic acids is 1. The van der Waals surface area contributed by atoms with E-state index in [9.17, 15) is 14.3 Å². The highest BCUT2D eigenvalue weighted by Crippen LogP contribution is 2.27. The second-order valence-corrected chi connectivity index (χ2v) is 8.32. The third-order valence-electron chi connectivity index (χ3n) is 5.80. The van der Waals surface area contributed by atoms with Gasteiger partial charge in [-0.3, -0.25) is 9.69 Å². The van der Waals surface area contributed by atoms with Crippen LogP contribution in [0, 0.1) is 5.82 Å². The molecule has 2 aliphatic rings. The monoisotopic (exact) mass is 444 g/mol. The number of hydrogen-bond donors (Lipinski definition) is 1. The number of phenolic OH excluding ortho intramolecular Hbond substituents is 1. The lowest BCUT2D eigenvalue weighted by Crippen LogP contribution is -2.57. The zero-order valence-corrected chi connectivity index (χ0v) is 18.0. The van der Waals surface area contributed by atoms with Gasteiger partial charge in [0.2, 0.25) is 5.91 Å². The van der Waals surface area contributed by atoms with E-state index < -0.39 is 5.60 Å². The fourth-order valence-electron chi connectivity index (χ4n) is 4.16. The Labute approximate surface area is 187 Å². The predicted octanol–water partition coefficient (Wildman–Crippen LogP) is 2.43. The normalized spacial score (nSPS) is 22.0. The van der Waals surface area contributed by atoms with Gasteiger partial charge in [0, 0.05) is 32.7 Å². The highest BCUT2D eigenvalue weighted by atomic mass is 19.1. The smallest absolute Gasteiger partial charge is 0.225 e. The van der Waals surface area contributed by atoms with Gasteiger partial charge in [-0.25, -0.2) is 4.39 Å². The van der Waals surface area contributed by atoms with Crippen molar-refractivity contribution in [3.05, 3.63) is 59.9 Å². The number of nitrogens with zero attached hydrogens (tertiary/aromatic N) is 2. The highest BCUT2D eigenvalue weighted by Gasteiger charge is 2.41. The first-order valence-corrected chi connectivity index (χ1v) is 10.9. The number of amides is 1. The van der Waals surface area contributed by atoms with Crippen LogP contribution in [-0.2, 0) is 20.8 Å². The molecule has 0 bridgehead atoms. The number of aromatic hydroxyl groups is 1. The molecule has 7 nitrogen and oxygen atoms in total. The van der Waals surface area contributed by atoms with Gasteiger partial charge in [0.15, 0.2) is 0 Å². The van der Waals surface area contributed by atoms with Crippen LogP contribution in [0.3, 0.4) is 0 Å². The first kappa shape index (κ1) is 22.5. The molecule has 2 aliphatic heterocycles. The van der Waals surface area contributed by atoms with Gasteiger partial charge in [-0.15, -0.1) is 0 Å². The molecule has 4 rings (SSSR count). The fraction of sp³-hybridized carbons (Fsp3) is 0.458. The topological polar surface area (TPSA) is 71.5 Å². The maximum atomic E-state index is 13.3. The molecule has 1 amide bonds. The van der Waals surface area contributed by atoms with Crippen LogP contribution < -0.4 is 4.74 Å². The Bertz CT molecular complexity index is 904. The Kier molecular flexibility index (Phi) is 7.24. The maximum absolute atomic E-state index is 13.3. The molecule has 2 heterocycles. The van der Waals surface area contributed by atoms with Crippen molar-refractivity contribution in [3.8, 4) is 11.5 Å². The number of morpholine rings is 2. The minimum Gasteiger partial charge on any atom is -0.508 e. The summed E-state index contributed by atoms with van der Waals surface area (Å²) in [6, 6.07) is 13.0. The van der Waals surface area contributed by atoms with Crippen LogP contribution in [0.15, 0.2) is 48.5 Å². The van der Waals surface area contributed by atoms with Crippen LogP contribution in [0.5, 0.6) is 11.5 Å². The molecule has 0 spiro atoms. The van der Waals surface area contributed by atoms with Gasteiger partial charge < -0.3 is 24.2 Å². The largest absolute Gasteiger partial charge is 0.508 e. The summed E-state index contributed by atoms with van der Waals surface area (Å²) >= 11 is 0.